The fourth-order valence-electron chi connectivity index (χ4n) is 1.51. The average molecular weight is 318 g/mol. The number of unbranched alkanes of at least 4 members (excludes halogenated alkanes) is 2. The number of carbonyl (C=O) groups is 1. The molecule has 0 aliphatic rings. The third kappa shape index (κ3) is 5.49. The second-order valence-corrected chi connectivity index (χ2v) is 4.80. The van der Waals surface area contributed by atoms with Crippen molar-refractivity contribution in [1.29, 1.82) is 0 Å². The van der Waals surface area contributed by atoms with Crippen molar-refractivity contribution in [3.05, 3.63) is 28.5 Å². The largest absolute Gasteiger partial charge is 0.469 e. The number of carbonyl (C=O) groups excluding carboxylic acids is 1. The first-order valence-electron chi connectivity index (χ1n) is 5.89. The lowest BCUT2D eigenvalue weighted by atomic mass is 10.2. The first-order chi connectivity index (χ1) is 8.63. The highest BCUT2D eigenvalue weighted by Crippen LogP contribution is 2.19. The Morgan fingerprint density at radius 3 is 2.83 bits per heavy atom. The number of methoxy groups -OCH3 is 1. The molecule has 0 saturated heterocycles. The summed E-state index contributed by atoms with van der Waals surface area (Å²) in [6.45, 7) is 0.805. The molecule has 0 aromatic heterocycles. The number of nitrogens with one attached hydrogen (secondary N) is 1. The van der Waals surface area contributed by atoms with Crippen molar-refractivity contribution in [2.75, 3.05) is 19.0 Å². The molecule has 18 heavy (non-hydrogen) atoms. The van der Waals surface area contributed by atoms with E-state index in [1.807, 2.05) is 0 Å². The molecule has 0 radical (unpaired) electrons. The molecule has 0 heterocycles. The summed E-state index contributed by atoms with van der Waals surface area (Å²) >= 11 is 3.14. The van der Waals surface area contributed by atoms with Crippen molar-refractivity contribution < 1.29 is 13.9 Å². The molecule has 0 amide bonds. The lowest BCUT2D eigenvalue weighted by molar-refractivity contribution is -0.140. The zero-order valence-electron chi connectivity index (χ0n) is 10.3. The van der Waals surface area contributed by atoms with Gasteiger partial charge in [0.2, 0.25) is 0 Å². The zero-order valence-corrected chi connectivity index (χ0v) is 11.9. The lowest BCUT2D eigenvalue weighted by Gasteiger charge is -2.07. The van der Waals surface area contributed by atoms with E-state index in [2.05, 4.69) is 26.0 Å². The second kappa shape index (κ2) is 8.08. The molecule has 0 aliphatic carbocycles. The van der Waals surface area contributed by atoms with Crippen molar-refractivity contribution in [1.82, 2.24) is 0 Å². The van der Waals surface area contributed by atoms with Gasteiger partial charge in [-0.1, -0.05) is 6.42 Å². The number of hydrogen-bond acceptors (Lipinski definition) is 3. The third-order valence-electron chi connectivity index (χ3n) is 2.53. The van der Waals surface area contributed by atoms with Gasteiger partial charge < -0.3 is 10.1 Å². The van der Waals surface area contributed by atoms with E-state index in [4.69, 9.17) is 0 Å². The molecule has 0 spiro atoms. The van der Waals surface area contributed by atoms with E-state index < -0.39 is 0 Å². The Bertz CT molecular complexity index is 399. The van der Waals surface area contributed by atoms with E-state index >= 15 is 0 Å². The summed E-state index contributed by atoms with van der Waals surface area (Å²) in [4.78, 5) is 10.9. The zero-order chi connectivity index (χ0) is 13.4. The van der Waals surface area contributed by atoms with Crippen LogP contribution < -0.4 is 5.32 Å². The molecule has 0 atom stereocenters. The first-order valence-corrected chi connectivity index (χ1v) is 6.68. The van der Waals surface area contributed by atoms with Gasteiger partial charge in [-0.25, -0.2) is 4.39 Å². The highest BCUT2D eigenvalue weighted by Gasteiger charge is 2.01. The van der Waals surface area contributed by atoms with E-state index in [1.165, 1.54) is 13.2 Å². The van der Waals surface area contributed by atoms with Crippen molar-refractivity contribution in [2.24, 2.45) is 0 Å². The molecule has 3 nitrogen and oxygen atoms in total. The Balaban J connectivity index is 2.14. The van der Waals surface area contributed by atoms with Crippen LogP contribution in [0.1, 0.15) is 25.7 Å². The van der Waals surface area contributed by atoms with Gasteiger partial charge in [0.15, 0.2) is 0 Å². The van der Waals surface area contributed by atoms with Crippen molar-refractivity contribution in [3.63, 3.8) is 0 Å². The van der Waals surface area contributed by atoms with Crippen molar-refractivity contribution in [3.8, 4) is 0 Å². The molecule has 0 saturated carbocycles. The Hall–Kier alpha value is -1.10. The van der Waals surface area contributed by atoms with E-state index in [9.17, 15) is 9.18 Å². The summed E-state index contributed by atoms with van der Waals surface area (Å²) < 4.78 is 18.0. The maximum atomic E-state index is 13.0. The van der Waals surface area contributed by atoms with Gasteiger partial charge in [0.25, 0.3) is 0 Å². The van der Waals surface area contributed by atoms with Crippen molar-refractivity contribution in [2.45, 2.75) is 25.7 Å². The van der Waals surface area contributed by atoms with Gasteiger partial charge in [0, 0.05) is 18.7 Å². The molecular weight excluding hydrogens is 301 g/mol. The van der Waals surface area contributed by atoms with Gasteiger partial charge in [0.05, 0.1) is 11.6 Å². The SMILES string of the molecule is COC(=O)CCCCCNc1ccc(F)c(Br)c1. The summed E-state index contributed by atoms with van der Waals surface area (Å²) in [6, 6.07) is 4.84. The van der Waals surface area contributed by atoms with Gasteiger partial charge in [-0.2, -0.15) is 0 Å². The molecule has 1 rings (SSSR count). The van der Waals surface area contributed by atoms with Crippen LogP contribution in [0, 0.1) is 5.82 Å². The van der Waals surface area contributed by atoms with Gasteiger partial charge in [0.1, 0.15) is 5.82 Å². The van der Waals surface area contributed by atoms with Crippen LogP contribution in [-0.2, 0) is 9.53 Å². The molecule has 0 fully saturated rings. The fourth-order valence-corrected chi connectivity index (χ4v) is 1.89. The minimum Gasteiger partial charge on any atom is -0.469 e. The van der Waals surface area contributed by atoms with E-state index in [0.29, 0.717) is 10.9 Å². The predicted octanol–water partition coefficient (Wildman–Crippen LogP) is 3.73. The summed E-state index contributed by atoms with van der Waals surface area (Å²) in [6.07, 6.45) is 3.23. The van der Waals surface area contributed by atoms with Crippen LogP contribution in [0.4, 0.5) is 10.1 Å². The first kappa shape index (κ1) is 15.0. The van der Waals surface area contributed by atoms with E-state index in [-0.39, 0.29) is 11.8 Å². The Labute approximate surface area is 115 Å². The molecule has 1 aromatic rings. The second-order valence-electron chi connectivity index (χ2n) is 3.94. The lowest BCUT2D eigenvalue weighted by Crippen LogP contribution is -2.03. The standard InChI is InChI=1S/C13H17BrFNO2/c1-18-13(17)5-3-2-4-8-16-10-6-7-12(15)11(14)9-10/h6-7,9,16H,2-5,8H2,1H3. The number of benzene rings is 1. The van der Waals surface area contributed by atoms with Crippen LogP contribution in [0.5, 0.6) is 0 Å². The van der Waals surface area contributed by atoms with Crippen LogP contribution in [0.15, 0.2) is 22.7 Å². The monoisotopic (exact) mass is 317 g/mol. The Morgan fingerprint density at radius 1 is 1.39 bits per heavy atom. The fraction of sp³-hybridized carbons (Fsp3) is 0.462. The van der Waals surface area contributed by atoms with Crippen LogP contribution in [-0.4, -0.2) is 19.6 Å². The number of ether oxygens (including phenoxy) is 1. The quantitative estimate of drug-likeness (QED) is 0.615. The van der Waals surface area contributed by atoms with E-state index in [1.54, 1.807) is 12.1 Å². The van der Waals surface area contributed by atoms with E-state index in [0.717, 1.165) is 31.5 Å². The number of halogens is 2. The number of anilines is 1. The minimum absolute atomic E-state index is 0.162. The van der Waals surface area contributed by atoms with Crippen LogP contribution in [0.3, 0.4) is 0 Å². The van der Waals surface area contributed by atoms with Gasteiger partial charge in [-0.3, -0.25) is 4.79 Å². The normalized spacial score (nSPS) is 10.2. The van der Waals surface area contributed by atoms with Crippen LogP contribution >= 0.6 is 15.9 Å². The molecule has 0 aliphatic heterocycles. The smallest absolute Gasteiger partial charge is 0.305 e. The molecule has 1 aromatic carbocycles. The number of hydrogen-bond donors (Lipinski definition) is 1. The molecule has 100 valence electrons. The summed E-state index contributed by atoms with van der Waals surface area (Å²) in [7, 11) is 1.40. The topological polar surface area (TPSA) is 38.3 Å². The highest BCUT2D eigenvalue weighted by molar-refractivity contribution is 9.10. The van der Waals surface area contributed by atoms with Gasteiger partial charge in [-0.15, -0.1) is 0 Å². The molecular formula is C13H17BrFNO2. The molecule has 0 unspecified atom stereocenters. The third-order valence-corrected chi connectivity index (χ3v) is 3.14. The number of rotatable bonds is 7. The minimum atomic E-state index is -0.265. The van der Waals surface area contributed by atoms with Gasteiger partial charge in [-0.05, 0) is 47.0 Å². The van der Waals surface area contributed by atoms with Crippen molar-refractivity contribution >= 4 is 27.6 Å². The summed E-state index contributed by atoms with van der Waals surface area (Å²) in [5, 5.41) is 3.20. The maximum Gasteiger partial charge on any atom is 0.305 e. The Kier molecular flexibility index (Phi) is 6.72. The Morgan fingerprint density at radius 2 is 2.17 bits per heavy atom. The molecule has 5 heteroatoms. The maximum absolute atomic E-state index is 13.0. The predicted molar refractivity (Wildman–Crippen MR) is 73.1 cm³/mol. The summed E-state index contributed by atoms with van der Waals surface area (Å²) in [5.74, 6) is -0.427. The highest BCUT2D eigenvalue weighted by atomic mass is 79.9. The molecule has 1 N–H and O–H groups in total. The average Bonchev–Trinajstić information content (AvgIpc) is 2.37. The molecule has 0 bridgehead atoms. The number of esters is 1. The summed E-state index contributed by atoms with van der Waals surface area (Å²) in [5.41, 5.74) is 0.885. The van der Waals surface area contributed by atoms with Crippen LogP contribution in [0.2, 0.25) is 0 Å². The van der Waals surface area contributed by atoms with Crippen LogP contribution in [0.25, 0.3) is 0 Å². The van der Waals surface area contributed by atoms with Gasteiger partial charge >= 0.3 is 5.97 Å².